The van der Waals surface area contributed by atoms with Crippen LogP contribution >= 0.6 is 0 Å². The fourth-order valence-corrected chi connectivity index (χ4v) is 1.22. The van der Waals surface area contributed by atoms with Crippen LogP contribution in [0.5, 0.6) is 5.75 Å². The molecular formula is C11H13N3O4. The number of nitrogens with zero attached hydrogens (tertiary/aromatic N) is 1. The van der Waals surface area contributed by atoms with Gasteiger partial charge in [-0.25, -0.2) is 15.0 Å². The maximum absolute atomic E-state index is 11.4. The van der Waals surface area contributed by atoms with Crippen molar-refractivity contribution < 1.29 is 19.1 Å². The first kappa shape index (κ1) is 13.5. The van der Waals surface area contributed by atoms with Crippen molar-refractivity contribution in [2.75, 3.05) is 14.2 Å². The molecule has 3 N–H and O–H groups in total. The molecule has 0 radical (unpaired) electrons. The lowest BCUT2D eigenvalue weighted by Gasteiger charge is -2.05. The number of hydrogen-bond acceptors (Lipinski definition) is 5. The van der Waals surface area contributed by atoms with Crippen LogP contribution in [-0.4, -0.2) is 32.4 Å². The van der Waals surface area contributed by atoms with Gasteiger partial charge in [0.05, 0.1) is 26.0 Å². The van der Waals surface area contributed by atoms with Crippen molar-refractivity contribution in [3.05, 3.63) is 29.3 Å². The molecule has 18 heavy (non-hydrogen) atoms. The number of carbonyl (C=O) groups excluding carboxylic acids is 2. The van der Waals surface area contributed by atoms with Crippen LogP contribution in [0.25, 0.3) is 0 Å². The van der Waals surface area contributed by atoms with Crippen LogP contribution in [0.1, 0.15) is 15.9 Å². The van der Waals surface area contributed by atoms with E-state index < -0.39 is 12.0 Å². The van der Waals surface area contributed by atoms with Crippen molar-refractivity contribution >= 4 is 18.2 Å². The zero-order valence-electron chi connectivity index (χ0n) is 9.97. The van der Waals surface area contributed by atoms with Crippen LogP contribution < -0.4 is 15.9 Å². The van der Waals surface area contributed by atoms with Crippen LogP contribution in [0.2, 0.25) is 0 Å². The Labute approximate surface area is 104 Å². The topological polar surface area (TPSA) is 103 Å². The highest BCUT2D eigenvalue weighted by atomic mass is 16.5. The standard InChI is InChI=1S/C11H13N3O4/c1-17-9-4-7(6-13-14-11(12)16)3-8(5-9)10(15)18-2/h3-6H,1-2H3,(H3,12,14,16). The third-order valence-corrected chi connectivity index (χ3v) is 1.97. The zero-order chi connectivity index (χ0) is 13.5. The zero-order valence-corrected chi connectivity index (χ0v) is 9.97. The number of hydrazone groups is 1. The average molecular weight is 251 g/mol. The summed E-state index contributed by atoms with van der Waals surface area (Å²) >= 11 is 0. The molecule has 0 aliphatic heterocycles. The number of ether oxygens (including phenoxy) is 2. The summed E-state index contributed by atoms with van der Waals surface area (Å²) in [4.78, 5) is 21.8. The molecule has 0 fully saturated rings. The van der Waals surface area contributed by atoms with Gasteiger partial charge in [0.25, 0.3) is 0 Å². The maximum Gasteiger partial charge on any atom is 0.338 e. The molecule has 2 amide bonds. The second-order valence-corrected chi connectivity index (χ2v) is 3.22. The lowest BCUT2D eigenvalue weighted by Crippen LogP contribution is -2.24. The SMILES string of the molecule is COC(=O)c1cc(C=NNC(N)=O)cc(OC)c1. The second-order valence-electron chi connectivity index (χ2n) is 3.22. The van der Waals surface area contributed by atoms with Crippen molar-refractivity contribution in [2.45, 2.75) is 0 Å². The Balaban J connectivity index is 3.00. The Hall–Kier alpha value is -2.57. The summed E-state index contributed by atoms with van der Waals surface area (Å²) in [5, 5.41) is 3.59. The van der Waals surface area contributed by atoms with Crippen molar-refractivity contribution in [1.29, 1.82) is 0 Å². The molecular weight excluding hydrogens is 238 g/mol. The van der Waals surface area contributed by atoms with E-state index in [1.807, 2.05) is 5.43 Å². The maximum atomic E-state index is 11.4. The summed E-state index contributed by atoms with van der Waals surface area (Å²) < 4.78 is 9.64. The first-order valence-corrected chi connectivity index (χ1v) is 4.92. The molecule has 0 atom stereocenters. The molecule has 0 aromatic heterocycles. The van der Waals surface area contributed by atoms with Gasteiger partial charge in [-0.1, -0.05) is 0 Å². The monoisotopic (exact) mass is 251 g/mol. The Morgan fingerprint density at radius 2 is 2.06 bits per heavy atom. The van der Waals surface area contributed by atoms with Crippen molar-refractivity contribution in [3.63, 3.8) is 0 Å². The van der Waals surface area contributed by atoms with E-state index in [1.54, 1.807) is 12.1 Å². The number of amides is 2. The van der Waals surface area contributed by atoms with Gasteiger partial charge in [0.15, 0.2) is 0 Å². The first-order chi connectivity index (χ1) is 8.56. The van der Waals surface area contributed by atoms with E-state index in [9.17, 15) is 9.59 Å². The smallest absolute Gasteiger partial charge is 0.338 e. The van der Waals surface area contributed by atoms with Crippen LogP contribution in [0.4, 0.5) is 4.79 Å². The summed E-state index contributed by atoms with van der Waals surface area (Å²) in [7, 11) is 2.75. The number of methoxy groups -OCH3 is 2. The highest BCUT2D eigenvalue weighted by Crippen LogP contribution is 2.16. The molecule has 0 aliphatic rings. The molecule has 1 rings (SSSR count). The van der Waals surface area contributed by atoms with Gasteiger partial charge in [-0.05, 0) is 23.8 Å². The van der Waals surface area contributed by atoms with Gasteiger partial charge in [0.2, 0.25) is 0 Å². The minimum Gasteiger partial charge on any atom is -0.497 e. The van der Waals surface area contributed by atoms with Gasteiger partial charge >= 0.3 is 12.0 Å². The number of esters is 1. The molecule has 7 nitrogen and oxygen atoms in total. The number of primary amides is 1. The molecule has 7 heteroatoms. The van der Waals surface area contributed by atoms with E-state index in [0.29, 0.717) is 16.9 Å². The summed E-state index contributed by atoms with van der Waals surface area (Å²) in [6.07, 6.45) is 1.33. The number of benzene rings is 1. The molecule has 1 aromatic rings. The van der Waals surface area contributed by atoms with E-state index in [-0.39, 0.29) is 0 Å². The minimum absolute atomic E-state index is 0.317. The number of carbonyl (C=O) groups is 2. The van der Waals surface area contributed by atoms with E-state index >= 15 is 0 Å². The number of nitrogens with one attached hydrogen (secondary N) is 1. The van der Waals surface area contributed by atoms with Crippen molar-refractivity contribution in [3.8, 4) is 5.75 Å². The van der Waals surface area contributed by atoms with Crippen LogP contribution in [-0.2, 0) is 4.74 Å². The summed E-state index contributed by atoms with van der Waals surface area (Å²) in [5.74, 6) is -0.0233. The molecule has 0 spiro atoms. The first-order valence-electron chi connectivity index (χ1n) is 4.92. The van der Waals surface area contributed by atoms with Gasteiger partial charge in [-0.3, -0.25) is 0 Å². The van der Waals surface area contributed by atoms with Gasteiger partial charge in [0, 0.05) is 0 Å². The largest absolute Gasteiger partial charge is 0.497 e. The number of rotatable bonds is 4. The Morgan fingerprint density at radius 1 is 1.33 bits per heavy atom. The van der Waals surface area contributed by atoms with Gasteiger partial charge in [0.1, 0.15) is 5.75 Å². The lowest BCUT2D eigenvalue weighted by atomic mass is 10.1. The van der Waals surface area contributed by atoms with E-state index in [2.05, 4.69) is 9.84 Å². The molecule has 96 valence electrons. The average Bonchev–Trinajstić information content (AvgIpc) is 2.36. The highest BCUT2D eigenvalue weighted by Gasteiger charge is 2.08. The Morgan fingerprint density at radius 3 is 2.61 bits per heavy atom. The normalized spacial score (nSPS) is 10.1. The minimum atomic E-state index is -0.776. The molecule has 0 bridgehead atoms. The van der Waals surface area contributed by atoms with Gasteiger partial charge in [-0.2, -0.15) is 5.10 Å². The predicted molar refractivity (Wildman–Crippen MR) is 64.6 cm³/mol. The van der Waals surface area contributed by atoms with Crippen LogP contribution in [0.3, 0.4) is 0 Å². The third kappa shape index (κ3) is 3.78. The molecule has 0 saturated carbocycles. The molecule has 1 aromatic carbocycles. The predicted octanol–water partition coefficient (Wildman–Crippen LogP) is 0.484. The fraction of sp³-hybridized carbons (Fsp3) is 0.182. The van der Waals surface area contributed by atoms with Gasteiger partial charge < -0.3 is 15.2 Å². The molecule has 0 saturated heterocycles. The summed E-state index contributed by atoms with van der Waals surface area (Å²) in [5.41, 5.74) is 7.77. The molecule has 0 aliphatic carbocycles. The van der Waals surface area contributed by atoms with E-state index in [1.165, 1.54) is 26.5 Å². The summed E-state index contributed by atoms with van der Waals surface area (Å²) in [6, 6.07) is 3.94. The second kappa shape index (κ2) is 6.24. The summed E-state index contributed by atoms with van der Waals surface area (Å²) in [6.45, 7) is 0. The highest BCUT2D eigenvalue weighted by molar-refractivity contribution is 5.93. The molecule has 0 unspecified atom stereocenters. The van der Waals surface area contributed by atoms with E-state index in [4.69, 9.17) is 10.5 Å². The van der Waals surface area contributed by atoms with Crippen LogP contribution in [0, 0.1) is 0 Å². The van der Waals surface area contributed by atoms with Gasteiger partial charge in [-0.15, -0.1) is 0 Å². The van der Waals surface area contributed by atoms with Crippen LogP contribution in [0.15, 0.2) is 23.3 Å². The number of hydrogen-bond donors (Lipinski definition) is 2. The fourth-order valence-electron chi connectivity index (χ4n) is 1.22. The number of nitrogens with two attached hydrogens (primary N) is 1. The Kier molecular flexibility index (Phi) is 4.67. The molecule has 0 heterocycles. The van der Waals surface area contributed by atoms with Crippen molar-refractivity contribution in [2.24, 2.45) is 10.8 Å². The lowest BCUT2D eigenvalue weighted by molar-refractivity contribution is 0.0600. The number of urea groups is 1. The quantitative estimate of drug-likeness (QED) is 0.461. The third-order valence-electron chi connectivity index (χ3n) is 1.97. The Bertz CT molecular complexity index is 485. The van der Waals surface area contributed by atoms with Crippen molar-refractivity contribution in [1.82, 2.24) is 5.43 Å². The van der Waals surface area contributed by atoms with E-state index in [0.717, 1.165) is 0 Å².